The molecule has 0 saturated heterocycles. The van der Waals surface area contributed by atoms with Crippen LogP contribution in [0, 0.1) is 11.7 Å². The van der Waals surface area contributed by atoms with Gasteiger partial charge < -0.3 is 5.11 Å². The number of halogens is 2. The number of hydrogen-bond acceptors (Lipinski definition) is 1. The van der Waals surface area contributed by atoms with Crippen LogP contribution in [0.5, 0.6) is 0 Å². The monoisotopic (exact) mass is 228 g/mol. The zero-order valence-corrected chi connectivity index (χ0v) is 9.17. The summed E-state index contributed by atoms with van der Waals surface area (Å²) in [5.41, 5.74) is 2.23. The van der Waals surface area contributed by atoms with E-state index in [1.807, 2.05) is 6.07 Å². The Morgan fingerprint density at radius 2 is 2.27 bits per heavy atom. The molecule has 1 aliphatic rings. The number of aliphatic hydroxyl groups excluding tert-OH is 1. The molecule has 1 N–H and O–H groups in total. The molecule has 1 aromatic rings. The van der Waals surface area contributed by atoms with Gasteiger partial charge in [-0.25, -0.2) is 4.39 Å². The van der Waals surface area contributed by atoms with E-state index in [0.717, 1.165) is 30.4 Å². The number of alkyl halides is 1. The maximum Gasteiger partial charge on any atom is 0.123 e. The molecule has 3 heteroatoms. The lowest BCUT2D eigenvalue weighted by atomic mass is 9.81. The first-order valence-electron chi connectivity index (χ1n) is 5.22. The van der Waals surface area contributed by atoms with Crippen LogP contribution in [0.15, 0.2) is 18.2 Å². The van der Waals surface area contributed by atoms with E-state index in [1.165, 1.54) is 6.07 Å². The molecule has 15 heavy (non-hydrogen) atoms. The van der Waals surface area contributed by atoms with Gasteiger partial charge in [0.2, 0.25) is 0 Å². The molecule has 0 heterocycles. The van der Waals surface area contributed by atoms with Crippen molar-refractivity contribution in [3.05, 3.63) is 35.1 Å². The second kappa shape index (κ2) is 4.50. The first-order chi connectivity index (χ1) is 7.20. The van der Waals surface area contributed by atoms with Crippen molar-refractivity contribution in [2.45, 2.75) is 25.4 Å². The summed E-state index contributed by atoms with van der Waals surface area (Å²) in [6.45, 7) is 0. The van der Waals surface area contributed by atoms with Gasteiger partial charge in [-0.3, -0.25) is 0 Å². The number of fused-ring (bicyclic) bond motifs is 1. The van der Waals surface area contributed by atoms with Crippen molar-refractivity contribution in [1.29, 1.82) is 0 Å². The molecule has 0 radical (unpaired) electrons. The third-order valence-corrected chi connectivity index (χ3v) is 3.45. The Bertz CT molecular complexity index is 353. The van der Waals surface area contributed by atoms with Crippen molar-refractivity contribution in [3.63, 3.8) is 0 Å². The van der Waals surface area contributed by atoms with E-state index in [0.29, 0.717) is 0 Å². The lowest BCUT2D eigenvalue weighted by molar-refractivity contribution is 0.119. The number of rotatable bonds is 2. The highest BCUT2D eigenvalue weighted by Crippen LogP contribution is 2.28. The topological polar surface area (TPSA) is 20.2 Å². The zero-order valence-electron chi connectivity index (χ0n) is 8.42. The van der Waals surface area contributed by atoms with Crippen LogP contribution < -0.4 is 0 Å². The predicted molar refractivity (Wildman–Crippen MR) is 58.6 cm³/mol. The molecule has 0 fully saturated rings. The van der Waals surface area contributed by atoms with Crippen LogP contribution in [0.2, 0.25) is 0 Å². The molecule has 1 aliphatic carbocycles. The molecule has 0 aromatic heterocycles. The molecule has 0 bridgehead atoms. The largest absolute Gasteiger partial charge is 0.392 e. The van der Waals surface area contributed by atoms with Crippen molar-refractivity contribution >= 4 is 11.6 Å². The molecular formula is C12H14ClFO. The zero-order chi connectivity index (χ0) is 10.8. The number of hydrogen-bond donors (Lipinski definition) is 1. The normalized spacial score (nSPS) is 22.2. The van der Waals surface area contributed by atoms with E-state index in [1.54, 1.807) is 6.07 Å². The Morgan fingerprint density at radius 3 is 3.00 bits per heavy atom. The standard InChI is InChI=1S/C12H14ClFO/c13-7-12(15)10-2-1-9-6-11(14)4-3-8(9)5-10/h3-4,6,10,12,15H,1-2,5,7H2. The molecule has 2 atom stereocenters. The van der Waals surface area contributed by atoms with E-state index in [2.05, 4.69) is 0 Å². The Kier molecular flexibility index (Phi) is 3.27. The fraction of sp³-hybridized carbons (Fsp3) is 0.500. The van der Waals surface area contributed by atoms with Gasteiger partial charge >= 0.3 is 0 Å². The molecule has 2 rings (SSSR count). The van der Waals surface area contributed by atoms with E-state index >= 15 is 0 Å². The molecule has 0 spiro atoms. The number of aliphatic hydroxyl groups is 1. The molecule has 1 aromatic carbocycles. The number of benzene rings is 1. The highest BCUT2D eigenvalue weighted by atomic mass is 35.5. The van der Waals surface area contributed by atoms with Crippen LogP contribution >= 0.6 is 11.6 Å². The lowest BCUT2D eigenvalue weighted by Gasteiger charge is -2.27. The van der Waals surface area contributed by atoms with Crippen LogP contribution in [-0.2, 0) is 12.8 Å². The minimum Gasteiger partial charge on any atom is -0.392 e. The van der Waals surface area contributed by atoms with Crippen LogP contribution in [0.25, 0.3) is 0 Å². The third kappa shape index (κ3) is 2.32. The summed E-state index contributed by atoms with van der Waals surface area (Å²) in [5, 5.41) is 9.66. The van der Waals surface area contributed by atoms with Crippen molar-refractivity contribution in [1.82, 2.24) is 0 Å². The maximum atomic E-state index is 12.9. The number of aryl methyl sites for hydroxylation is 1. The summed E-state index contributed by atoms with van der Waals surface area (Å²) in [6, 6.07) is 4.89. The van der Waals surface area contributed by atoms with Crippen LogP contribution in [0.1, 0.15) is 17.5 Å². The average Bonchev–Trinajstić information content (AvgIpc) is 2.27. The fourth-order valence-corrected chi connectivity index (χ4v) is 2.46. The van der Waals surface area contributed by atoms with Gasteiger partial charge in [0.05, 0.1) is 6.10 Å². The summed E-state index contributed by atoms with van der Waals surface area (Å²) in [4.78, 5) is 0. The predicted octanol–water partition coefficient (Wildman–Crippen LogP) is 2.53. The minimum absolute atomic E-state index is 0.176. The van der Waals surface area contributed by atoms with E-state index < -0.39 is 6.10 Å². The molecule has 82 valence electrons. The molecule has 0 aliphatic heterocycles. The Morgan fingerprint density at radius 1 is 1.47 bits per heavy atom. The van der Waals surface area contributed by atoms with Gasteiger partial charge in [-0.1, -0.05) is 6.07 Å². The van der Waals surface area contributed by atoms with Crippen molar-refractivity contribution in [3.8, 4) is 0 Å². The van der Waals surface area contributed by atoms with Gasteiger partial charge in [0.1, 0.15) is 5.82 Å². The Balaban J connectivity index is 2.16. The fourth-order valence-electron chi connectivity index (χ4n) is 2.21. The smallest absolute Gasteiger partial charge is 0.123 e. The van der Waals surface area contributed by atoms with Crippen molar-refractivity contribution < 1.29 is 9.50 Å². The SMILES string of the molecule is OC(CCl)C1CCc2cc(F)ccc2C1. The summed E-state index contributed by atoms with van der Waals surface area (Å²) in [5.74, 6) is 0.326. The second-order valence-corrected chi connectivity index (χ2v) is 4.45. The van der Waals surface area contributed by atoms with Gasteiger partial charge in [-0.05, 0) is 48.4 Å². The summed E-state index contributed by atoms with van der Waals surface area (Å²) in [7, 11) is 0. The van der Waals surface area contributed by atoms with Crippen LogP contribution in [0.3, 0.4) is 0 Å². The first kappa shape index (κ1) is 10.9. The van der Waals surface area contributed by atoms with Crippen LogP contribution in [0.4, 0.5) is 4.39 Å². The summed E-state index contributed by atoms with van der Waals surface area (Å²) in [6.07, 6.45) is 2.10. The highest BCUT2D eigenvalue weighted by molar-refractivity contribution is 6.18. The van der Waals surface area contributed by atoms with E-state index in [9.17, 15) is 9.50 Å². The maximum absolute atomic E-state index is 12.9. The molecule has 2 unspecified atom stereocenters. The van der Waals surface area contributed by atoms with Gasteiger partial charge in [0, 0.05) is 5.88 Å². The third-order valence-electron chi connectivity index (χ3n) is 3.14. The van der Waals surface area contributed by atoms with E-state index in [4.69, 9.17) is 11.6 Å². The minimum atomic E-state index is -0.440. The lowest BCUT2D eigenvalue weighted by Crippen LogP contribution is -2.28. The Hall–Kier alpha value is -0.600. The molecule has 1 nitrogen and oxygen atoms in total. The Labute approximate surface area is 93.9 Å². The quantitative estimate of drug-likeness (QED) is 0.772. The summed E-state index contributed by atoms with van der Waals surface area (Å²) < 4.78 is 12.9. The van der Waals surface area contributed by atoms with Gasteiger partial charge in [0.15, 0.2) is 0 Å². The molecule has 0 saturated carbocycles. The second-order valence-electron chi connectivity index (χ2n) is 4.14. The average molecular weight is 229 g/mol. The van der Waals surface area contributed by atoms with E-state index in [-0.39, 0.29) is 17.6 Å². The van der Waals surface area contributed by atoms with Crippen LogP contribution in [-0.4, -0.2) is 17.1 Å². The van der Waals surface area contributed by atoms with Crippen molar-refractivity contribution in [2.24, 2.45) is 5.92 Å². The highest BCUT2D eigenvalue weighted by Gasteiger charge is 2.24. The first-order valence-corrected chi connectivity index (χ1v) is 5.75. The summed E-state index contributed by atoms with van der Waals surface area (Å²) >= 11 is 5.63. The molecule has 0 amide bonds. The van der Waals surface area contributed by atoms with Crippen molar-refractivity contribution in [2.75, 3.05) is 5.88 Å². The molecular weight excluding hydrogens is 215 g/mol. The van der Waals surface area contributed by atoms with Gasteiger partial charge in [-0.2, -0.15) is 0 Å². The van der Waals surface area contributed by atoms with Gasteiger partial charge in [0.25, 0.3) is 0 Å². The van der Waals surface area contributed by atoms with Gasteiger partial charge in [-0.15, -0.1) is 11.6 Å².